The highest BCUT2D eigenvalue weighted by Crippen LogP contribution is 2.48. The standard InChI is InChI=1S/C29H31Cl3N4OS/c30-19-12-14-24-21(16-19)25(17-7-3-1-4-8-17)26(28(37)33-24)38-29-35-34-27(18-11-13-22(31)23(32)15-18)36(29)20-9-5-2-6-10-20/h1,3-4,7-8,11,13,15,19-21,24-26H,2,5-6,9-10,12,14,16H2,(H,33,37). The Hall–Kier alpha value is -1.73. The van der Waals surface area contributed by atoms with Crippen LogP contribution in [0.15, 0.2) is 53.7 Å². The van der Waals surface area contributed by atoms with Gasteiger partial charge in [-0.25, -0.2) is 0 Å². The van der Waals surface area contributed by atoms with E-state index in [-0.39, 0.29) is 40.5 Å². The summed E-state index contributed by atoms with van der Waals surface area (Å²) in [7, 11) is 0. The van der Waals surface area contributed by atoms with E-state index in [1.54, 1.807) is 17.8 Å². The lowest BCUT2D eigenvalue weighted by atomic mass is 9.69. The van der Waals surface area contributed by atoms with E-state index in [4.69, 9.17) is 34.8 Å². The van der Waals surface area contributed by atoms with Crippen LogP contribution < -0.4 is 5.32 Å². The summed E-state index contributed by atoms with van der Waals surface area (Å²) in [5, 5.41) is 14.3. The molecular weight excluding hydrogens is 559 g/mol. The fourth-order valence-electron chi connectivity index (χ4n) is 6.58. The molecule has 0 bridgehead atoms. The maximum Gasteiger partial charge on any atom is 0.234 e. The normalized spacial score (nSPS) is 28.1. The maximum absolute atomic E-state index is 13.7. The Morgan fingerprint density at radius 1 is 0.921 bits per heavy atom. The average molecular weight is 590 g/mol. The Labute approximate surface area is 243 Å². The average Bonchev–Trinajstić information content (AvgIpc) is 3.35. The molecule has 5 nitrogen and oxygen atoms in total. The van der Waals surface area contributed by atoms with Gasteiger partial charge in [-0.3, -0.25) is 9.36 Å². The third-order valence-electron chi connectivity index (χ3n) is 8.41. The van der Waals surface area contributed by atoms with Gasteiger partial charge in [-0.2, -0.15) is 0 Å². The Balaban J connectivity index is 1.41. The molecule has 1 aromatic heterocycles. The predicted octanol–water partition coefficient (Wildman–Crippen LogP) is 7.91. The minimum Gasteiger partial charge on any atom is -0.352 e. The summed E-state index contributed by atoms with van der Waals surface area (Å²) in [5.41, 5.74) is 2.07. The van der Waals surface area contributed by atoms with E-state index in [2.05, 4.69) is 44.3 Å². The molecule has 9 heteroatoms. The molecule has 0 radical (unpaired) electrons. The maximum atomic E-state index is 13.7. The molecule has 3 fully saturated rings. The van der Waals surface area contributed by atoms with Gasteiger partial charge in [0.15, 0.2) is 11.0 Å². The molecule has 3 aromatic rings. The summed E-state index contributed by atoms with van der Waals surface area (Å²) in [4.78, 5) is 13.7. The molecule has 0 spiro atoms. The zero-order chi connectivity index (χ0) is 26.2. The van der Waals surface area contributed by atoms with Crippen molar-refractivity contribution in [2.45, 2.75) is 85.2 Å². The summed E-state index contributed by atoms with van der Waals surface area (Å²) < 4.78 is 2.26. The van der Waals surface area contributed by atoms with Gasteiger partial charge in [0.2, 0.25) is 5.91 Å². The van der Waals surface area contributed by atoms with Gasteiger partial charge in [-0.15, -0.1) is 21.8 Å². The first-order valence-corrected chi connectivity index (χ1v) is 15.6. The van der Waals surface area contributed by atoms with E-state index in [0.717, 1.165) is 48.6 Å². The number of carbonyl (C=O) groups excluding carboxylic acids is 1. The minimum atomic E-state index is -0.325. The summed E-state index contributed by atoms with van der Waals surface area (Å²) >= 11 is 20.8. The molecule has 1 saturated heterocycles. The van der Waals surface area contributed by atoms with Crippen molar-refractivity contribution < 1.29 is 4.79 Å². The molecule has 1 aliphatic heterocycles. The molecular formula is C29H31Cl3N4OS. The van der Waals surface area contributed by atoms with Crippen molar-refractivity contribution in [2.75, 3.05) is 0 Å². The zero-order valence-electron chi connectivity index (χ0n) is 21.0. The number of hydrogen-bond donors (Lipinski definition) is 1. The number of alkyl halides is 1. The van der Waals surface area contributed by atoms with Gasteiger partial charge >= 0.3 is 0 Å². The van der Waals surface area contributed by atoms with Crippen molar-refractivity contribution in [3.63, 3.8) is 0 Å². The first-order valence-electron chi connectivity index (χ1n) is 13.6. The first kappa shape index (κ1) is 26.5. The Kier molecular flexibility index (Phi) is 7.95. The van der Waals surface area contributed by atoms with Crippen LogP contribution in [0.1, 0.15) is 68.9 Å². The van der Waals surface area contributed by atoms with Crippen molar-refractivity contribution in [1.82, 2.24) is 20.1 Å². The second-order valence-corrected chi connectivity index (χ2v) is 13.3. The zero-order valence-corrected chi connectivity index (χ0v) is 24.1. The van der Waals surface area contributed by atoms with E-state index in [1.807, 2.05) is 18.2 Å². The molecule has 1 N–H and O–H groups in total. The minimum absolute atomic E-state index is 0.0476. The predicted molar refractivity (Wildman–Crippen MR) is 155 cm³/mol. The molecule has 2 heterocycles. The van der Waals surface area contributed by atoms with E-state index >= 15 is 0 Å². The molecule has 38 heavy (non-hydrogen) atoms. The van der Waals surface area contributed by atoms with E-state index in [0.29, 0.717) is 10.0 Å². The third kappa shape index (κ3) is 5.22. The fraction of sp³-hybridized carbons (Fsp3) is 0.483. The Morgan fingerprint density at radius 3 is 2.47 bits per heavy atom. The smallest absolute Gasteiger partial charge is 0.234 e. The van der Waals surface area contributed by atoms with Crippen LogP contribution in [0, 0.1) is 5.92 Å². The lowest BCUT2D eigenvalue weighted by molar-refractivity contribution is -0.125. The number of benzene rings is 2. The summed E-state index contributed by atoms with van der Waals surface area (Å²) in [6.45, 7) is 0. The van der Waals surface area contributed by atoms with Gasteiger partial charge in [0.25, 0.3) is 0 Å². The number of halogens is 3. The van der Waals surface area contributed by atoms with Crippen LogP contribution in [-0.4, -0.2) is 37.3 Å². The van der Waals surface area contributed by atoms with Gasteiger partial charge in [-0.05, 0) is 61.8 Å². The van der Waals surface area contributed by atoms with Crippen molar-refractivity contribution >= 4 is 52.5 Å². The van der Waals surface area contributed by atoms with Crippen LogP contribution in [0.3, 0.4) is 0 Å². The number of hydrogen-bond acceptors (Lipinski definition) is 4. The molecule has 2 saturated carbocycles. The van der Waals surface area contributed by atoms with Crippen LogP contribution in [0.2, 0.25) is 10.0 Å². The SMILES string of the molecule is O=C1NC2CCC(Cl)CC2C(c2ccccc2)C1Sc1nnc(-c2ccc(Cl)c(Cl)c2)n1C1CCCCC1. The number of nitrogens with zero attached hydrogens (tertiary/aromatic N) is 3. The quantitative estimate of drug-likeness (QED) is 0.307. The van der Waals surface area contributed by atoms with Crippen molar-refractivity contribution in [1.29, 1.82) is 0 Å². The number of carbonyl (C=O) groups is 1. The molecule has 2 aliphatic carbocycles. The number of fused-ring (bicyclic) bond motifs is 1. The van der Waals surface area contributed by atoms with Gasteiger partial charge in [-0.1, -0.05) is 84.6 Å². The highest BCUT2D eigenvalue weighted by atomic mass is 35.5. The van der Waals surface area contributed by atoms with E-state index in [1.165, 1.54) is 24.8 Å². The van der Waals surface area contributed by atoms with Crippen molar-refractivity contribution in [3.05, 3.63) is 64.1 Å². The molecule has 5 unspecified atom stereocenters. The van der Waals surface area contributed by atoms with Gasteiger partial charge < -0.3 is 5.32 Å². The summed E-state index contributed by atoms with van der Waals surface area (Å²) in [6, 6.07) is 16.5. The van der Waals surface area contributed by atoms with Gasteiger partial charge in [0.1, 0.15) is 0 Å². The topological polar surface area (TPSA) is 59.8 Å². The van der Waals surface area contributed by atoms with Crippen LogP contribution in [-0.2, 0) is 4.79 Å². The summed E-state index contributed by atoms with van der Waals surface area (Å²) in [5.74, 6) is 1.19. The van der Waals surface area contributed by atoms with Gasteiger partial charge in [0, 0.05) is 28.9 Å². The highest BCUT2D eigenvalue weighted by Gasteiger charge is 2.48. The number of nitrogens with one attached hydrogen (secondary N) is 1. The lowest BCUT2D eigenvalue weighted by Gasteiger charge is -2.46. The second kappa shape index (κ2) is 11.4. The molecule has 5 atom stereocenters. The molecule has 6 rings (SSSR count). The van der Waals surface area contributed by atoms with Crippen LogP contribution >= 0.6 is 46.6 Å². The van der Waals surface area contributed by atoms with E-state index in [9.17, 15) is 4.79 Å². The van der Waals surface area contributed by atoms with Crippen molar-refractivity contribution in [3.8, 4) is 11.4 Å². The number of aromatic nitrogens is 3. The fourth-order valence-corrected chi connectivity index (χ4v) is 8.55. The number of rotatable bonds is 5. The van der Waals surface area contributed by atoms with Crippen LogP contribution in [0.5, 0.6) is 0 Å². The monoisotopic (exact) mass is 588 g/mol. The van der Waals surface area contributed by atoms with Crippen LogP contribution in [0.4, 0.5) is 0 Å². The summed E-state index contributed by atoms with van der Waals surface area (Å²) in [6.07, 6.45) is 8.47. The third-order valence-corrected chi connectivity index (χ3v) is 10.8. The highest BCUT2D eigenvalue weighted by molar-refractivity contribution is 8.00. The molecule has 1 amide bonds. The first-order chi connectivity index (χ1) is 18.5. The molecule has 2 aromatic carbocycles. The Morgan fingerprint density at radius 2 is 1.71 bits per heavy atom. The number of thioether (sulfide) groups is 1. The molecule has 200 valence electrons. The Bertz CT molecular complexity index is 1300. The van der Waals surface area contributed by atoms with Gasteiger partial charge in [0.05, 0.1) is 15.3 Å². The van der Waals surface area contributed by atoms with E-state index < -0.39 is 0 Å². The number of amides is 1. The number of piperidine rings is 1. The lowest BCUT2D eigenvalue weighted by Crippen LogP contribution is -2.57. The molecule has 3 aliphatic rings. The largest absolute Gasteiger partial charge is 0.352 e. The second-order valence-electron chi connectivity index (χ2n) is 10.8. The van der Waals surface area contributed by atoms with Crippen molar-refractivity contribution in [2.24, 2.45) is 5.92 Å². The van der Waals surface area contributed by atoms with Crippen LogP contribution in [0.25, 0.3) is 11.4 Å².